The van der Waals surface area contributed by atoms with Crippen LogP contribution in [0.4, 0.5) is 11.6 Å². The number of aryl methyl sites for hydroxylation is 2. The predicted molar refractivity (Wildman–Crippen MR) is 155 cm³/mol. The number of nitrogens with zero attached hydrogens (tertiary/aromatic N) is 4. The minimum absolute atomic E-state index is 0.0649. The highest BCUT2D eigenvalue weighted by Crippen LogP contribution is 2.26. The van der Waals surface area contributed by atoms with Gasteiger partial charge in [0.25, 0.3) is 5.91 Å². The fourth-order valence-corrected chi connectivity index (χ4v) is 5.44. The second-order valence-corrected chi connectivity index (χ2v) is 10.3. The second kappa shape index (κ2) is 11.5. The summed E-state index contributed by atoms with van der Waals surface area (Å²) in [5.74, 6) is -0.240. The standard InChI is InChI=1S/C30H31N7O4/c1-41-35-29(40)25-17-37(23-10-7-20-3-2-4-21(20)15-23)28-24(27(25)39)16-32-30(34-28)33-22-8-5-19(6-9-22)11-13-36-14-12-31-26(38)18-36/h5-10,15-17H,2-4,11-14,18H2,1H3,(H,31,38)(H,35,40)(H,32,33,34). The lowest BCUT2D eigenvalue weighted by Gasteiger charge is -2.26. The van der Waals surface area contributed by atoms with E-state index in [2.05, 4.69) is 38.1 Å². The number of hydroxylamine groups is 1. The van der Waals surface area contributed by atoms with Crippen LogP contribution in [0.25, 0.3) is 16.7 Å². The Bertz CT molecular complexity index is 1680. The lowest BCUT2D eigenvalue weighted by Crippen LogP contribution is -2.48. The van der Waals surface area contributed by atoms with Crippen molar-refractivity contribution >= 4 is 34.5 Å². The number of rotatable bonds is 8. The van der Waals surface area contributed by atoms with Gasteiger partial charge in [0.15, 0.2) is 5.65 Å². The molecule has 0 spiro atoms. The first-order valence-electron chi connectivity index (χ1n) is 13.7. The predicted octanol–water partition coefficient (Wildman–Crippen LogP) is 2.28. The molecule has 1 aliphatic carbocycles. The summed E-state index contributed by atoms with van der Waals surface area (Å²) in [6.45, 7) is 2.81. The van der Waals surface area contributed by atoms with Crippen molar-refractivity contribution in [3.05, 3.63) is 87.3 Å². The molecule has 4 aromatic rings. The zero-order valence-electron chi connectivity index (χ0n) is 22.8. The van der Waals surface area contributed by atoms with E-state index in [0.29, 0.717) is 24.7 Å². The Labute approximate surface area is 236 Å². The third kappa shape index (κ3) is 5.67. The number of nitrogens with one attached hydrogen (secondary N) is 3. The number of carbonyl (C=O) groups is 2. The van der Waals surface area contributed by atoms with Gasteiger partial charge in [0, 0.05) is 43.4 Å². The van der Waals surface area contributed by atoms with E-state index in [1.807, 2.05) is 30.3 Å². The molecule has 11 nitrogen and oxygen atoms in total. The van der Waals surface area contributed by atoms with Crippen LogP contribution < -0.4 is 21.5 Å². The van der Waals surface area contributed by atoms with Gasteiger partial charge in [0.2, 0.25) is 17.3 Å². The SMILES string of the molecule is CONC(=O)c1cn(-c2ccc3c(c2)CCC3)c2nc(Nc3ccc(CCN4CCNC(=O)C4)cc3)ncc2c1=O. The second-order valence-electron chi connectivity index (χ2n) is 10.3. The van der Waals surface area contributed by atoms with Gasteiger partial charge in [-0.25, -0.2) is 10.5 Å². The monoisotopic (exact) mass is 553 g/mol. The van der Waals surface area contributed by atoms with E-state index in [4.69, 9.17) is 9.82 Å². The number of benzene rings is 2. The Hall–Kier alpha value is -4.61. The highest BCUT2D eigenvalue weighted by Gasteiger charge is 2.20. The van der Waals surface area contributed by atoms with Crippen LogP contribution >= 0.6 is 0 Å². The van der Waals surface area contributed by atoms with Crippen LogP contribution in [0, 0.1) is 0 Å². The first-order valence-corrected chi connectivity index (χ1v) is 13.7. The Balaban J connectivity index is 1.29. The van der Waals surface area contributed by atoms with Gasteiger partial charge in [-0.15, -0.1) is 0 Å². The third-order valence-electron chi connectivity index (χ3n) is 7.59. The zero-order valence-corrected chi connectivity index (χ0v) is 22.8. The quantitative estimate of drug-likeness (QED) is 0.284. The van der Waals surface area contributed by atoms with Crippen molar-refractivity contribution in [3.8, 4) is 5.69 Å². The minimum atomic E-state index is -0.639. The fourth-order valence-electron chi connectivity index (χ4n) is 5.44. The summed E-state index contributed by atoms with van der Waals surface area (Å²) in [5, 5.41) is 6.30. The summed E-state index contributed by atoms with van der Waals surface area (Å²) in [5.41, 5.74) is 7.43. The minimum Gasteiger partial charge on any atom is -0.354 e. The lowest BCUT2D eigenvalue weighted by molar-refractivity contribution is -0.124. The molecule has 3 heterocycles. The van der Waals surface area contributed by atoms with Gasteiger partial charge in [0.05, 0.1) is 19.0 Å². The van der Waals surface area contributed by atoms with Crippen LogP contribution in [0.2, 0.25) is 0 Å². The van der Waals surface area contributed by atoms with Crippen LogP contribution in [0.3, 0.4) is 0 Å². The molecule has 1 fully saturated rings. The van der Waals surface area contributed by atoms with Gasteiger partial charge in [-0.1, -0.05) is 18.2 Å². The maximum atomic E-state index is 13.3. The normalized spacial score (nSPS) is 15.0. The van der Waals surface area contributed by atoms with Crippen molar-refractivity contribution in [1.29, 1.82) is 0 Å². The van der Waals surface area contributed by atoms with Crippen molar-refractivity contribution < 1.29 is 14.4 Å². The van der Waals surface area contributed by atoms with Crippen molar-refractivity contribution in [2.75, 3.05) is 38.6 Å². The smallest absolute Gasteiger partial charge is 0.280 e. The van der Waals surface area contributed by atoms with E-state index in [9.17, 15) is 14.4 Å². The molecule has 1 aliphatic heterocycles. The van der Waals surface area contributed by atoms with E-state index < -0.39 is 11.3 Å². The molecule has 0 radical (unpaired) electrons. The first kappa shape index (κ1) is 26.6. The lowest BCUT2D eigenvalue weighted by atomic mass is 10.1. The number of fused-ring (bicyclic) bond motifs is 2. The van der Waals surface area contributed by atoms with E-state index in [1.165, 1.54) is 30.6 Å². The molecule has 1 saturated heterocycles. The van der Waals surface area contributed by atoms with Crippen LogP contribution in [0.15, 0.2) is 59.7 Å². The maximum absolute atomic E-state index is 13.3. The number of hydrogen-bond acceptors (Lipinski definition) is 8. The molecule has 2 aromatic carbocycles. The van der Waals surface area contributed by atoms with Crippen molar-refractivity contribution in [2.45, 2.75) is 25.7 Å². The molecule has 0 unspecified atom stereocenters. The average Bonchev–Trinajstić information content (AvgIpc) is 3.45. The molecule has 0 saturated carbocycles. The number of aromatic nitrogens is 3. The van der Waals surface area contributed by atoms with Crippen LogP contribution in [-0.4, -0.2) is 64.5 Å². The topological polar surface area (TPSA) is 130 Å². The number of anilines is 2. The van der Waals surface area contributed by atoms with Gasteiger partial charge >= 0.3 is 0 Å². The zero-order chi connectivity index (χ0) is 28.3. The maximum Gasteiger partial charge on any atom is 0.280 e. The van der Waals surface area contributed by atoms with Gasteiger partial charge in [-0.2, -0.15) is 4.98 Å². The van der Waals surface area contributed by atoms with Crippen molar-refractivity contribution in [1.82, 2.24) is 30.2 Å². The molecule has 6 rings (SSSR count). The Morgan fingerprint density at radius 3 is 2.73 bits per heavy atom. The van der Waals surface area contributed by atoms with Gasteiger partial charge in [-0.05, 0) is 66.6 Å². The number of carbonyl (C=O) groups excluding carboxylic acids is 2. The largest absolute Gasteiger partial charge is 0.354 e. The molecule has 3 N–H and O–H groups in total. The van der Waals surface area contributed by atoms with Crippen molar-refractivity contribution in [2.24, 2.45) is 0 Å². The Morgan fingerprint density at radius 1 is 1.10 bits per heavy atom. The van der Waals surface area contributed by atoms with Crippen LogP contribution in [-0.2, 0) is 28.9 Å². The molecule has 2 aliphatic rings. The molecule has 11 heteroatoms. The molecular weight excluding hydrogens is 522 g/mol. The summed E-state index contributed by atoms with van der Waals surface area (Å²) in [6, 6.07) is 14.2. The molecule has 2 amide bonds. The molecule has 210 valence electrons. The Morgan fingerprint density at radius 2 is 1.93 bits per heavy atom. The number of piperazine rings is 1. The van der Waals surface area contributed by atoms with E-state index in [0.717, 1.165) is 55.7 Å². The average molecular weight is 554 g/mol. The molecular formula is C30H31N7O4. The molecule has 41 heavy (non-hydrogen) atoms. The molecule has 2 aromatic heterocycles. The summed E-state index contributed by atoms with van der Waals surface area (Å²) in [6.07, 6.45) is 6.94. The van der Waals surface area contributed by atoms with Crippen LogP contribution in [0.1, 0.15) is 33.5 Å². The first-order chi connectivity index (χ1) is 20.0. The van der Waals surface area contributed by atoms with Gasteiger partial charge < -0.3 is 15.2 Å². The molecule has 0 bridgehead atoms. The fraction of sp³-hybridized carbons (Fsp3) is 0.300. The van der Waals surface area contributed by atoms with E-state index in [-0.39, 0.29) is 16.9 Å². The highest BCUT2D eigenvalue weighted by atomic mass is 16.6. The molecule has 0 atom stereocenters. The summed E-state index contributed by atoms with van der Waals surface area (Å²) >= 11 is 0. The number of amides is 2. The summed E-state index contributed by atoms with van der Waals surface area (Å²) in [7, 11) is 1.32. The number of pyridine rings is 1. The van der Waals surface area contributed by atoms with Gasteiger partial charge in [0.1, 0.15) is 5.56 Å². The highest BCUT2D eigenvalue weighted by molar-refractivity contribution is 5.96. The third-order valence-corrected chi connectivity index (χ3v) is 7.59. The van der Waals surface area contributed by atoms with Gasteiger partial charge in [-0.3, -0.25) is 24.1 Å². The van der Waals surface area contributed by atoms with Crippen LogP contribution in [0.5, 0.6) is 0 Å². The van der Waals surface area contributed by atoms with E-state index >= 15 is 0 Å². The van der Waals surface area contributed by atoms with Crippen molar-refractivity contribution in [3.63, 3.8) is 0 Å². The summed E-state index contributed by atoms with van der Waals surface area (Å²) in [4.78, 5) is 53.5. The summed E-state index contributed by atoms with van der Waals surface area (Å²) < 4.78 is 1.76. The number of hydrogen-bond donors (Lipinski definition) is 3. The Kier molecular flexibility index (Phi) is 7.45. The van der Waals surface area contributed by atoms with E-state index in [1.54, 1.807) is 4.57 Å².